The molecular formula is C13H16F2N2O. The number of rotatable bonds is 3. The lowest BCUT2D eigenvalue weighted by atomic mass is 10.1. The van der Waals surface area contributed by atoms with E-state index in [4.69, 9.17) is 0 Å². The minimum Gasteiger partial charge on any atom is -0.335 e. The lowest BCUT2D eigenvalue weighted by Gasteiger charge is -2.27. The minimum atomic E-state index is -0.723. The monoisotopic (exact) mass is 254 g/mol. The van der Waals surface area contributed by atoms with Crippen LogP contribution in [0.25, 0.3) is 0 Å². The molecule has 1 aliphatic rings. The second kappa shape index (κ2) is 5.44. The van der Waals surface area contributed by atoms with Crippen molar-refractivity contribution in [1.82, 2.24) is 10.2 Å². The topological polar surface area (TPSA) is 32.3 Å². The predicted octanol–water partition coefficient (Wildman–Crippen LogP) is 1.79. The molecule has 2 rings (SSSR count). The number of halogens is 2. The van der Waals surface area contributed by atoms with E-state index in [1.807, 2.05) is 6.92 Å². The Morgan fingerprint density at radius 3 is 2.56 bits per heavy atom. The first-order valence-corrected chi connectivity index (χ1v) is 6.09. The van der Waals surface area contributed by atoms with Gasteiger partial charge in [-0.3, -0.25) is 4.79 Å². The van der Waals surface area contributed by atoms with Crippen LogP contribution >= 0.6 is 0 Å². The molecule has 0 radical (unpaired) electrons. The van der Waals surface area contributed by atoms with E-state index < -0.39 is 11.6 Å². The molecule has 1 N–H and O–H groups in total. The van der Waals surface area contributed by atoms with Crippen LogP contribution in [-0.2, 0) is 0 Å². The van der Waals surface area contributed by atoms with Gasteiger partial charge in [-0.05, 0) is 32.0 Å². The number of benzene rings is 1. The van der Waals surface area contributed by atoms with Gasteiger partial charge in [-0.2, -0.15) is 0 Å². The fourth-order valence-electron chi connectivity index (χ4n) is 2.32. The lowest BCUT2D eigenvalue weighted by molar-refractivity contribution is 0.0702. The van der Waals surface area contributed by atoms with Crippen LogP contribution in [0.15, 0.2) is 18.2 Å². The maximum Gasteiger partial charge on any atom is 0.254 e. The molecule has 1 fully saturated rings. The van der Waals surface area contributed by atoms with Gasteiger partial charge in [0.25, 0.3) is 5.91 Å². The Hall–Kier alpha value is -1.49. The highest BCUT2D eigenvalue weighted by Gasteiger charge is 2.26. The van der Waals surface area contributed by atoms with Crippen LogP contribution in [0, 0.1) is 11.6 Å². The average Bonchev–Trinajstić information content (AvgIpc) is 2.82. The highest BCUT2D eigenvalue weighted by molar-refractivity contribution is 5.94. The zero-order valence-corrected chi connectivity index (χ0v) is 10.2. The maximum atomic E-state index is 13.1. The van der Waals surface area contributed by atoms with Gasteiger partial charge in [-0.1, -0.05) is 0 Å². The normalized spacial score (nSPS) is 18.9. The summed E-state index contributed by atoms with van der Waals surface area (Å²) < 4.78 is 26.2. The van der Waals surface area contributed by atoms with Crippen LogP contribution in [0.2, 0.25) is 0 Å². The van der Waals surface area contributed by atoms with Gasteiger partial charge >= 0.3 is 0 Å². The summed E-state index contributed by atoms with van der Waals surface area (Å²) >= 11 is 0. The van der Waals surface area contributed by atoms with Crippen LogP contribution < -0.4 is 5.32 Å². The molecular weight excluding hydrogens is 238 g/mol. The van der Waals surface area contributed by atoms with Gasteiger partial charge in [0.2, 0.25) is 0 Å². The van der Waals surface area contributed by atoms with Crippen molar-refractivity contribution in [2.45, 2.75) is 19.4 Å². The Morgan fingerprint density at radius 2 is 2.06 bits per heavy atom. The van der Waals surface area contributed by atoms with Crippen molar-refractivity contribution in [1.29, 1.82) is 0 Å². The van der Waals surface area contributed by atoms with E-state index in [1.165, 1.54) is 0 Å². The molecule has 0 aromatic heterocycles. The number of nitrogens with zero attached hydrogens (tertiary/aromatic N) is 1. The molecule has 0 saturated carbocycles. The van der Waals surface area contributed by atoms with Crippen molar-refractivity contribution < 1.29 is 13.6 Å². The zero-order chi connectivity index (χ0) is 13.1. The first-order valence-electron chi connectivity index (χ1n) is 6.09. The number of hydrogen-bond acceptors (Lipinski definition) is 2. The fourth-order valence-corrected chi connectivity index (χ4v) is 2.32. The molecule has 0 spiro atoms. The molecule has 1 atom stereocenters. The second-order valence-electron chi connectivity index (χ2n) is 4.40. The fraction of sp³-hybridized carbons (Fsp3) is 0.462. The van der Waals surface area contributed by atoms with Gasteiger partial charge in [0.05, 0.1) is 0 Å². The number of likely N-dealkylation sites (N-methyl/N-ethyl adjacent to an activating group) is 1. The highest BCUT2D eigenvalue weighted by Crippen LogP contribution is 2.15. The van der Waals surface area contributed by atoms with Crippen molar-refractivity contribution in [2.75, 3.05) is 19.6 Å². The molecule has 1 unspecified atom stereocenters. The molecule has 1 saturated heterocycles. The Balaban J connectivity index is 2.22. The summed E-state index contributed by atoms with van der Waals surface area (Å²) in [6.07, 6.45) is 0.872. The number of carbonyl (C=O) groups is 1. The zero-order valence-electron chi connectivity index (χ0n) is 10.2. The largest absolute Gasteiger partial charge is 0.335 e. The Kier molecular flexibility index (Phi) is 3.91. The summed E-state index contributed by atoms with van der Waals surface area (Å²) in [5, 5.41) is 3.17. The summed E-state index contributed by atoms with van der Waals surface area (Å²) in [5.74, 6) is -1.76. The molecule has 18 heavy (non-hydrogen) atoms. The Labute approximate surface area is 105 Å². The number of carbonyl (C=O) groups excluding carboxylic acids is 1. The van der Waals surface area contributed by atoms with E-state index in [-0.39, 0.29) is 17.5 Å². The molecule has 1 aromatic rings. The average molecular weight is 254 g/mol. The van der Waals surface area contributed by atoms with Gasteiger partial charge in [0, 0.05) is 30.8 Å². The van der Waals surface area contributed by atoms with E-state index in [2.05, 4.69) is 5.32 Å². The Bertz CT molecular complexity index is 424. The van der Waals surface area contributed by atoms with Crippen molar-refractivity contribution in [3.8, 4) is 0 Å². The quantitative estimate of drug-likeness (QED) is 0.892. The van der Waals surface area contributed by atoms with Crippen LogP contribution in [-0.4, -0.2) is 36.5 Å². The van der Waals surface area contributed by atoms with Crippen molar-refractivity contribution in [3.05, 3.63) is 35.4 Å². The van der Waals surface area contributed by atoms with Crippen LogP contribution in [0.3, 0.4) is 0 Å². The maximum absolute atomic E-state index is 13.1. The smallest absolute Gasteiger partial charge is 0.254 e. The first kappa shape index (κ1) is 13.0. The third kappa shape index (κ3) is 2.67. The highest BCUT2D eigenvalue weighted by atomic mass is 19.1. The van der Waals surface area contributed by atoms with Gasteiger partial charge in [-0.15, -0.1) is 0 Å². The van der Waals surface area contributed by atoms with Gasteiger partial charge in [0.1, 0.15) is 11.6 Å². The molecule has 1 aromatic carbocycles. The number of nitrogens with one attached hydrogen (secondary N) is 1. The molecule has 1 amide bonds. The molecule has 5 heteroatoms. The summed E-state index contributed by atoms with van der Waals surface area (Å²) in [7, 11) is 0. The predicted molar refractivity (Wildman–Crippen MR) is 64.3 cm³/mol. The van der Waals surface area contributed by atoms with Gasteiger partial charge in [-0.25, -0.2) is 8.78 Å². The van der Waals surface area contributed by atoms with E-state index in [9.17, 15) is 13.6 Å². The van der Waals surface area contributed by atoms with Gasteiger partial charge in [0.15, 0.2) is 0 Å². The Morgan fingerprint density at radius 1 is 1.39 bits per heavy atom. The lowest BCUT2D eigenvalue weighted by Crippen LogP contribution is -2.41. The van der Waals surface area contributed by atoms with Crippen LogP contribution in [0.5, 0.6) is 0 Å². The van der Waals surface area contributed by atoms with E-state index in [0.717, 1.165) is 37.7 Å². The molecule has 0 aliphatic carbocycles. The third-order valence-electron chi connectivity index (χ3n) is 3.19. The van der Waals surface area contributed by atoms with Crippen molar-refractivity contribution in [2.24, 2.45) is 0 Å². The number of hydrogen-bond donors (Lipinski definition) is 1. The third-order valence-corrected chi connectivity index (χ3v) is 3.19. The van der Waals surface area contributed by atoms with Gasteiger partial charge < -0.3 is 10.2 Å². The minimum absolute atomic E-state index is 0.0706. The standard InChI is InChI=1S/C13H16F2N2O/c1-2-17(12-3-4-16-8-12)13(18)9-5-10(14)7-11(15)6-9/h5-7,12,16H,2-4,8H2,1H3. The van der Waals surface area contributed by atoms with E-state index >= 15 is 0 Å². The second-order valence-corrected chi connectivity index (χ2v) is 4.40. The molecule has 1 heterocycles. The van der Waals surface area contributed by atoms with Crippen molar-refractivity contribution in [3.63, 3.8) is 0 Å². The molecule has 98 valence electrons. The van der Waals surface area contributed by atoms with Crippen LogP contribution in [0.1, 0.15) is 23.7 Å². The van der Waals surface area contributed by atoms with Crippen molar-refractivity contribution >= 4 is 5.91 Å². The molecule has 1 aliphatic heterocycles. The summed E-state index contributed by atoms with van der Waals surface area (Å²) in [6, 6.07) is 3.03. The molecule has 3 nitrogen and oxygen atoms in total. The van der Waals surface area contributed by atoms with E-state index in [1.54, 1.807) is 4.90 Å². The summed E-state index contributed by atoms with van der Waals surface area (Å²) in [4.78, 5) is 13.9. The van der Waals surface area contributed by atoms with Crippen LogP contribution in [0.4, 0.5) is 8.78 Å². The first-order chi connectivity index (χ1) is 8.61. The van der Waals surface area contributed by atoms with E-state index in [0.29, 0.717) is 6.54 Å². The summed E-state index contributed by atoms with van der Waals surface area (Å²) in [5.41, 5.74) is 0.0706. The SMILES string of the molecule is CCN(C(=O)c1cc(F)cc(F)c1)C1CCNC1. The number of amides is 1. The summed E-state index contributed by atoms with van der Waals surface area (Å²) in [6.45, 7) is 4.00. The molecule has 0 bridgehead atoms.